The van der Waals surface area contributed by atoms with Gasteiger partial charge in [0.2, 0.25) is 10.8 Å². The van der Waals surface area contributed by atoms with Crippen molar-refractivity contribution in [3.63, 3.8) is 0 Å². The van der Waals surface area contributed by atoms with Gasteiger partial charge in [-0.05, 0) is 48.3 Å². The van der Waals surface area contributed by atoms with Crippen LogP contribution in [-0.2, 0) is 36.9 Å². The fraction of sp³-hybridized carbons (Fsp3) is 0.542. The zero-order valence-corrected chi connectivity index (χ0v) is 22.0. The second-order valence-electron chi connectivity index (χ2n) is 9.24. The molecular formula is C24H30N4O6S2. The molecule has 0 radical (unpaired) electrons. The highest BCUT2D eigenvalue weighted by Crippen LogP contribution is 2.36. The zero-order valence-electron chi connectivity index (χ0n) is 20.4. The third-order valence-electron chi connectivity index (χ3n) is 6.96. The topological polar surface area (TPSA) is 125 Å². The van der Waals surface area contributed by atoms with Gasteiger partial charge in [0.1, 0.15) is 17.6 Å². The molecule has 3 aliphatic rings. The van der Waals surface area contributed by atoms with Crippen molar-refractivity contribution in [2.45, 2.75) is 48.1 Å². The van der Waals surface area contributed by atoms with Gasteiger partial charge in [-0.2, -0.15) is 4.98 Å². The SMILES string of the molecule is CCS(=O)(=O)c1ccc(C(=O)OC2CN(c3nc4c(c(N(C)C5CCOCC5)n3)[S+]([O-])CC4)C2)cc1. The summed E-state index contributed by atoms with van der Waals surface area (Å²) in [5, 5.41) is 0. The quantitative estimate of drug-likeness (QED) is 0.382. The Balaban J connectivity index is 1.26. The van der Waals surface area contributed by atoms with E-state index in [2.05, 4.69) is 4.90 Å². The predicted octanol–water partition coefficient (Wildman–Crippen LogP) is 1.59. The van der Waals surface area contributed by atoms with Crippen molar-refractivity contribution in [2.24, 2.45) is 0 Å². The van der Waals surface area contributed by atoms with Gasteiger partial charge in [-0.3, -0.25) is 0 Å². The molecule has 1 aromatic heterocycles. The van der Waals surface area contributed by atoms with E-state index in [0.29, 0.717) is 50.0 Å². The summed E-state index contributed by atoms with van der Waals surface area (Å²) in [5.74, 6) is 1.34. The van der Waals surface area contributed by atoms with Crippen molar-refractivity contribution < 1.29 is 27.2 Å². The molecule has 1 aromatic carbocycles. The lowest BCUT2D eigenvalue weighted by atomic mass is 10.1. The Hall–Kier alpha value is -2.41. The molecule has 0 N–H and O–H groups in total. The van der Waals surface area contributed by atoms with E-state index >= 15 is 0 Å². The van der Waals surface area contributed by atoms with Crippen molar-refractivity contribution in [3.8, 4) is 0 Å². The van der Waals surface area contributed by atoms with Crippen LogP contribution in [0.4, 0.5) is 11.8 Å². The number of ether oxygens (including phenoxy) is 2. The van der Waals surface area contributed by atoms with Gasteiger partial charge in [0.25, 0.3) is 0 Å². The number of hydrogen-bond acceptors (Lipinski definition) is 10. The van der Waals surface area contributed by atoms with Gasteiger partial charge in [0, 0.05) is 32.7 Å². The van der Waals surface area contributed by atoms with E-state index in [-0.39, 0.29) is 22.8 Å². The van der Waals surface area contributed by atoms with E-state index in [1.807, 2.05) is 11.9 Å². The number of carbonyl (C=O) groups is 1. The summed E-state index contributed by atoms with van der Waals surface area (Å²) in [5.41, 5.74) is 1.13. The van der Waals surface area contributed by atoms with Crippen molar-refractivity contribution >= 4 is 38.7 Å². The van der Waals surface area contributed by atoms with E-state index in [0.717, 1.165) is 29.2 Å². The van der Waals surface area contributed by atoms with Crippen LogP contribution in [0, 0.1) is 0 Å². The Morgan fingerprint density at radius 1 is 1.22 bits per heavy atom. The summed E-state index contributed by atoms with van der Waals surface area (Å²) < 4.78 is 47.8. The van der Waals surface area contributed by atoms with Gasteiger partial charge >= 0.3 is 5.97 Å². The minimum atomic E-state index is -3.32. The first-order valence-corrected chi connectivity index (χ1v) is 15.1. The number of hydrogen-bond donors (Lipinski definition) is 0. The highest BCUT2D eigenvalue weighted by molar-refractivity contribution is 7.92. The normalized spacial score (nSPS) is 20.6. The molecule has 0 saturated carbocycles. The average molecular weight is 535 g/mol. The van der Waals surface area contributed by atoms with Gasteiger partial charge < -0.3 is 23.8 Å². The van der Waals surface area contributed by atoms with Gasteiger partial charge in [0.15, 0.2) is 15.7 Å². The maximum atomic E-state index is 12.7. The van der Waals surface area contributed by atoms with Crippen LogP contribution in [0.5, 0.6) is 0 Å². The number of rotatable bonds is 7. The minimum Gasteiger partial charge on any atom is -0.611 e. The lowest BCUT2D eigenvalue weighted by Gasteiger charge is -2.39. The molecule has 36 heavy (non-hydrogen) atoms. The first-order chi connectivity index (χ1) is 17.3. The molecule has 10 nitrogen and oxygen atoms in total. The first kappa shape index (κ1) is 25.2. The summed E-state index contributed by atoms with van der Waals surface area (Å²) in [6, 6.07) is 6.09. The Morgan fingerprint density at radius 3 is 2.58 bits per heavy atom. The van der Waals surface area contributed by atoms with Crippen LogP contribution in [0.3, 0.4) is 0 Å². The van der Waals surface area contributed by atoms with Gasteiger partial charge in [-0.1, -0.05) is 6.92 Å². The van der Waals surface area contributed by atoms with Crippen LogP contribution >= 0.6 is 0 Å². The molecular weight excluding hydrogens is 504 g/mol. The monoisotopic (exact) mass is 534 g/mol. The highest BCUT2D eigenvalue weighted by Gasteiger charge is 2.38. The van der Waals surface area contributed by atoms with Gasteiger partial charge in [0.05, 0.1) is 29.3 Å². The number of aryl methyl sites for hydroxylation is 1. The van der Waals surface area contributed by atoms with Crippen LogP contribution in [-0.4, -0.2) is 85.9 Å². The standard InChI is InChI=1S/C24H30N4O6S2/c1-3-36(31,32)19-6-4-16(5-7-19)23(29)34-18-14-28(15-18)24-25-20-10-13-35(30)21(20)22(26-24)27(2)17-8-11-33-12-9-17/h4-7,17-18H,3,8-15H2,1-2H3. The third-order valence-corrected chi connectivity index (χ3v) is 10.2. The second-order valence-corrected chi connectivity index (χ2v) is 13.0. The molecule has 4 heterocycles. The second kappa shape index (κ2) is 10.2. The largest absolute Gasteiger partial charge is 0.611 e. The Bertz CT molecular complexity index is 1230. The van der Waals surface area contributed by atoms with Crippen LogP contribution in [0.15, 0.2) is 34.1 Å². The fourth-order valence-corrected chi connectivity index (χ4v) is 6.92. The van der Waals surface area contributed by atoms with E-state index in [4.69, 9.17) is 19.4 Å². The number of benzene rings is 1. The summed E-state index contributed by atoms with van der Waals surface area (Å²) in [7, 11) is -1.33. The first-order valence-electron chi connectivity index (χ1n) is 12.2. The van der Waals surface area contributed by atoms with Gasteiger partial charge in [-0.15, -0.1) is 0 Å². The summed E-state index contributed by atoms with van der Waals surface area (Å²) in [6.45, 7) is 3.89. The molecule has 0 aliphatic carbocycles. The summed E-state index contributed by atoms with van der Waals surface area (Å²) in [4.78, 5) is 27.1. The van der Waals surface area contributed by atoms with E-state index in [1.165, 1.54) is 24.3 Å². The van der Waals surface area contributed by atoms with Crippen LogP contribution in [0.25, 0.3) is 0 Å². The molecule has 2 saturated heterocycles. The maximum Gasteiger partial charge on any atom is 0.338 e. The molecule has 2 aromatic rings. The van der Waals surface area contributed by atoms with Crippen molar-refractivity contribution in [3.05, 3.63) is 35.5 Å². The number of fused-ring (bicyclic) bond motifs is 1. The number of sulfone groups is 1. The molecule has 5 rings (SSSR count). The molecule has 2 fully saturated rings. The van der Waals surface area contributed by atoms with Crippen LogP contribution < -0.4 is 9.80 Å². The van der Waals surface area contributed by atoms with Crippen molar-refractivity contribution in [2.75, 3.05) is 54.7 Å². The number of carbonyl (C=O) groups excluding carboxylic acids is 1. The van der Waals surface area contributed by atoms with Crippen molar-refractivity contribution in [1.29, 1.82) is 0 Å². The Labute approximate surface area is 214 Å². The van der Waals surface area contributed by atoms with Crippen LogP contribution in [0.2, 0.25) is 0 Å². The summed E-state index contributed by atoms with van der Waals surface area (Å²) in [6.07, 6.45) is 2.12. The average Bonchev–Trinajstić information content (AvgIpc) is 3.26. The highest BCUT2D eigenvalue weighted by atomic mass is 32.2. The van der Waals surface area contributed by atoms with Crippen molar-refractivity contribution in [1.82, 2.24) is 9.97 Å². The molecule has 12 heteroatoms. The molecule has 194 valence electrons. The number of anilines is 2. The molecule has 1 unspecified atom stereocenters. The fourth-order valence-electron chi connectivity index (χ4n) is 4.65. The van der Waals surface area contributed by atoms with E-state index in [1.54, 1.807) is 6.92 Å². The van der Waals surface area contributed by atoms with Crippen LogP contribution in [0.1, 0.15) is 35.8 Å². The molecule has 3 aliphatic heterocycles. The lowest BCUT2D eigenvalue weighted by Crippen LogP contribution is -2.54. The molecule has 1 atom stereocenters. The maximum absolute atomic E-state index is 12.7. The Kier molecular flexibility index (Phi) is 7.12. The number of nitrogens with zero attached hydrogens (tertiary/aromatic N) is 4. The molecule has 0 spiro atoms. The number of esters is 1. The molecule has 0 bridgehead atoms. The minimum absolute atomic E-state index is 0.00194. The van der Waals surface area contributed by atoms with Gasteiger partial charge in [-0.25, -0.2) is 18.2 Å². The summed E-state index contributed by atoms with van der Waals surface area (Å²) >= 11 is -1.11. The smallest absolute Gasteiger partial charge is 0.338 e. The zero-order chi connectivity index (χ0) is 25.4. The predicted molar refractivity (Wildman–Crippen MR) is 135 cm³/mol. The third kappa shape index (κ3) is 4.91. The lowest BCUT2D eigenvalue weighted by molar-refractivity contribution is 0.0231. The van der Waals surface area contributed by atoms with E-state index < -0.39 is 27.0 Å². The Morgan fingerprint density at radius 2 is 1.92 bits per heavy atom. The van der Waals surface area contributed by atoms with E-state index in [9.17, 15) is 17.8 Å². The molecule has 0 amide bonds. The number of aromatic nitrogens is 2.